The Labute approximate surface area is 93.6 Å². The van der Waals surface area contributed by atoms with E-state index in [0.717, 1.165) is 11.3 Å². The Morgan fingerprint density at radius 3 is 2.81 bits per heavy atom. The molecule has 0 aliphatic carbocycles. The van der Waals surface area contributed by atoms with Crippen molar-refractivity contribution in [3.63, 3.8) is 0 Å². The molecule has 4 nitrogen and oxygen atoms in total. The number of fused-ring (bicyclic) bond motifs is 1. The third-order valence-corrected chi connectivity index (χ3v) is 2.44. The van der Waals surface area contributed by atoms with Gasteiger partial charge in [-0.2, -0.15) is 10.5 Å². The van der Waals surface area contributed by atoms with Gasteiger partial charge in [0.1, 0.15) is 0 Å². The van der Waals surface area contributed by atoms with Crippen molar-refractivity contribution in [2.24, 2.45) is 5.92 Å². The van der Waals surface area contributed by atoms with Crippen LogP contribution < -0.4 is 9.47 Å². The molecule has 1 aliphatic heterocycles. The maximum Gasteiger partial charge on any atom is 0.231 e. The van der Waals surface area contributed by atoms with Gasteiger partial charge in [0.2, 0.25) is 6.79 Å². The molecule has 0 aromatic heterocycles. The number of nitrogens with zero attached hydrogens (tertiary/aromatic N) is 2. The highest BCUT2D eigenvalue weighted by molar-refractivity contribution is 5.44. The third kappa shape index (κ3) is 2.07. The van der Waals surface area contributed by atoms with Crippen LogP contribution in [0.2, 0.25) is 0 Å². The third-order valence-electron chi connectivity index (χ3n) is 2.44. The fraction of sp³-hybridized carbons (Fsp3) is 0.333. The molecule has 0 fully saturated rings. The molecule has 0 saturated carbocycles. The molecule has 1 aliphatic rings. The van der Waals surface area contributed by atoms with Crippen LogP contribution in [0.15, 0.2) is 18.2 Å². The highest BCUT2D eigenvalue weighted by Gasteiger charge is 2.15. The minimum atomic E-state index is -0.259. The molecular weight excluding hydrogens is 204 g/mol. The van der Waals surface area contributed by atoms with E-state index in [2.05, 4.69) is 6.07 Å². The summed E-state index contributed by atoms with van der Waals surface area (Å²) in [6, 6.07) is 9.73. The normalized spacial score (nSPS) is 13.9. The lowest BCUT2D eigenvalue weighted by molar-refractivity contribution is 0.174. The van der Waals surface area contributed by atoms with Gasteiger partial charge in [-0.3, -0.25) is 0 Å². The van der Waals surface area contributed by atoms with Gasteiger partial charge in [-0.1, -0.05) is 6.07 Å². The highest BCUT2D eigenvalue weighted by atomic mass is 16.7. The SMILES string of the molecule is N#CCC(C#N)Cc1ccc2c(c1)OCO2. The van der Waals surface area contributed by atoms with Crippen molar-refractivity contribution in [2.45, 2.75) is 12.8 Å². The van der Waals surface area contributed by atoms with Crippen molar-refractivity contribution in [3.05, 3.63) is 23.8 Å². The summed E-state index contributed by atoms with van der Waals surface area (Å²) in [5.41, 5.74) is 0.992. The van der Waals surface area contributed by atoms with Crippen molar-refractivity contribution >= 4 is 0 Å². The van der Waals surface area contributed by atoms with Crippen molar-refractivity contribution in [1.29, 1.82) is 10.5 Å². The van der Waals surface area contributed by atoms with E-state index in [0.29, 0.717) is 12.2 Å². The van der Waals surface area contributed by atoms with Gasteiger partial charge in [-0.05, 0) is 24.1 Å². The minimum Gasteiger partial charge on any atom is -0.454 e. The molecule has 0 amide bonds. The van der Waals surface area contributed by atoms with Gasteiger partial charge in [0.15, 0.2) is 11.5 Å². The fourth-order valence-corrected chi connectivity index (χ4v) is 1.63. The van der Waals surface area contributed by atoms with Crippen molar-refractivity contribution in [2.75, 3.05) is 6.79 Å². The van der Waals surface area contributed by atoms with E-state index >= 15 is 0 Å². The largest absolute Gasteiger partial charge is 0.454 e. The van der Waals surface area contributed by atoms with Crippen LogP contribution in [-0.2, 0) is 6.42 Å². The van der Waals surface area contributed by atoms with E-state index in [1.165, 1.54) is 0 Å². The van der Waals surface area contributed by atoms with Gasteiger partial charge in [0.25, 0.3) is 0 Å². The highest BCUT2D eigenvalue weighted by Crippen LogP contribution is 2.33. The summed E-state index contributed by atoms with van der Waals surface area (Å²) >= 11 is 0. The second-order valence-electron chi connectivity index (χ2n) is 3.58. The topological polar surface area (TPSA) is 66.0 Å². The van der Waals surface area contributed by atoms with E-state index in [-0.39, 0.29) is 19.1 Å². The predicted octanol–water partition coefficient (Wildman–Crippen LogP) is 2.01. The van der Waals surface area contributed by atoms with E-state index in [1.54, 1.807) is 0 Å². The Kier molecular flexibility index (Phi) is 2.93. The molecule has 1 atom stereocenters. The van der Waals surface area contributed by atoms with Crippen LogP contribution >= 0.6 is 0 Å². The smallest absolute Gasteiger partial charge is 0.231 e. The molecule has 80 valence electrons. The second kappa shape index (κ2) is 4.55. The van der Waals surface area contributed by atoms with Crippen LogP contribution in [0, 0.1) is 28.6 Å². The van der Waals surface area contributed by atoms with Crippen molar-refractivity contribution in [3.8, 4) is 23.6 Å². The van der Waals surface area contributed by atoms with Crippen LogP contribution in [0.25, 0.3) is 0 Å². The van der Waals surface area contributed by atoms with Gasteiger partial charge < -0.3 is 9.47 Å². The maximum absolute atomic E-state index is 8.85. The molecule has 1 heterocycles. The van der Waals surface area contributed by atoms with Gasteiger partial charge in [-0.25, -0.2) is 0 Å². The van der Waals surface area contributed by atoms with Crippen LogP contribution in [0.4, 0.5) is 0 Å². The number of ether oxygens (including phenoxy) is 2. The molecule has 0 radical (unpaired) electrons. The zero-order valence-electron chi connectivity index (χ0n) is 8.64. The van der Waals surface area contributed by atoms with Crippen LogP contribution in [0.5, 0.6) is 11.5 Å². The van der Waals surface area contributed by atoms with Crippen molar-refractivity contribution < 1.29 is 9.47 Å². The maximum atomic E-state index is 8.85. The van der Waals surface area contributed by atoms with Gasteiger partial charge in [0.05, 0.1) is 24.5 Å². The minimum absolute atomic E-state index is 0.249. The summed E-state index contributed by atoms with van der Waals surface area (Å²) < 4.78 is 10.4. The first-order valence-electron chi connectivity index (χ1n) is 4.98. The van der Waals surface area contributed by atoms with Gasteiger partial charge in [-0.15, -0.1) is 0 Å². The summed E-state index contributed by atoms with van der Waals surface area (Å²) in [5.74, 6) is 1.19. The first kappa shape index (κ1) is 10.3. The Morgan fingerprint density at radius 1 is 1.25 bits per heavy atom. The summed E-state index contributed by atoms with van der Waals surface area (Å²) in [6.45, 7) is 0.249. The number of hydrogen-bond donors (Lipinski definition) is 0. The standard InChI is InChI=1S/C12H10N2O2/c13-4-3-10(7-14)5-9-1-2-11-12(6-9)16-8-15-11/h1-2,6,10H,3,5,8H2. The van der Waals surface area contributed by atoms with E-state index < -0.39 is 0 Å². The monoisotopic (exact) mass is 214 g/mol. The molecular formula is C12H10N2O2. The fourth-order valence-electron chi connectivity index (χ4n) is 1.63. The Hall–Kier alpha value is -2.20. The van der Waals surface area contributed by atoms with Gasteiger partial charge in [0, 0.05) is 0 Å². The predicted molar refractivity (Wildman–Crippen MR) is 55.6 cm³/mol. The molecule has 0 saturated heterocycles. The number of rotatable bonds is 3. The van der Waals surface area contributed by atoms with Gasteiger partial charge >= 0.3 is 0 Å². The number of nitriles is 2. The Morgan fingerprint density at radius 2 is 2.06 bits per heavy atom. The Bertz CT molecular complexity index is 471. The molecule has 0 bridgehead atoms. The lowest BCUT2D eigenvalue weighted by atomic mass is 9.98. The zero-order valence-corrected chi connectivity index (χ0v) is 8.64. The van der Waals surface area contributed by atoms with E-state index in [4.69, 9.17) is 20.0 Å². The van der Waals surface area contributed by atoms with Crippen LogP contribution in [0.1, 0.15) is 12.0 Å². The summed E-state index contributed by atoms with van der Waals surface area (Å²) in [4.78, 5) is 0. The van der Waals surface area contributed by atoms with Crippen LogP contribution in [0.3, 0.4) is 0 Å². The van der Waals surface area contributed by atoms with E-state index in [1.807, 2.05) is 24.3 Å². The second-order valence-corrected chi connectivity index (χ2v) is 3.58. The lowest BCUT2D eigenvalue weighted by Crippen LogP contribution is -2.00. The molecule has 1 aromatic carbocycles. The number of hydrogen-bond acceptors (Lipinski definition) is 4. The molecule has 2 rings (SSSR count). The first-order valence-corrected chi connectivity index (χ1v) is 4.98. The summed E-state index contributed by atoms with van der Waals surface area (Å²) in [5, 5.41) is 17.4. The lowest BCUT2D eigenvalue weighted by Gasteiger charge is -2.05. The summed E-state index contributed by atoms with van der Waals surface area (Å²) in [7, 11) is 0. The average molecular weight is 214 g/mol. The van der Waals surface area contributed by atoms with E-state index in [9.17, 15) is 0 Å². The molecule has 1 unspecified atom stereocenters. The Balaban J connectivity index is 2.11. The molecule has 0 spiro atoms. The quantitative estimate of drug-likeness (QED) is 0.771. The molecule has 4 heteroatoms. The number of benzene rings is 1. The average Bonchev–Trinajstić information content (AvgIpc) is 2.75. The first-order chi connectivity index (χ1) is 7.83. The van der Waals surface area contributed by atoms with Crippen molar-refractivity contribution in [1.82, 2.24) is 0 Å². The molecule has 1 aromatic rings. The van der Waals surface area contributed by atoms with Crippen LogP contribution in [-0.4, -0.2) is 6.79 Å². The zero-order chi connectivity index (χ0) is 11.4. The molecule has 16 heavy (non-hydrogen) atoms. The molecule has 0 N–H and O–H groups in total. The summed E-state index contributed by atoms with van der Waals surface area (Å²) in [6.07, 6.45) is 0.825.